The van der Waals surface area contributed by atoms with Gasteiger partial charge in [0.05, 0.1) is 16.9 Å². The van der Waals surface area contributed by atoms with E-state index >= 15 is 0 Å². The molecule has 2 N–H and O–H groups in total. The molecule has 8 heteroatoms. The van der Waals surface area contributed by atoms with Gasteiger partial charge in [-0.3, -0.25) is 4.90 Å². The van der Waals surface area contributed by atoms with Crippen molar-refractivity contribution in [1.29, 1.82) is 0 Å². The van der Waals surface area contributed by atoms with Crippen LogP contribution >= 0.6 is 39.7 Å². The zero-order valence-electron chi connectivity index (χ0n) is 9.80. The molecule has 0 aromatic carbocycles. The van der Waals surface area contributed by atoms with Gasteiger partial charge in [0.2, 0.25) is 5.89 Å². The largest absolute Gasteiger partial charge is 0.338 e. The first-order valence-corrected chi connectivity index (χ1v) is 6.77. The Morgan fingerprint density at radius 1 is 1.50 bits per heavy atom. The zero-order valence-corrected chi connectivity index (χ0v) is 13.0. The Hall–Kier alpha value is -0.470. The molecule has 0 atom stereocenters. The molecule has 0 bridgehead atoms. The topological polar surface area (TPSA) is 68.2 Å². The minimum Gasteiger partial charge on any atom is -0.338 e. The summed E-state index contributed by atoms with van der Waals surface area (Å²) in [6, 6.07) is 2.11. The molecule has 100 valence electrons. The average Bonchev–Trinajstić information content (AvgIpc) is 2.88. The van der Waals surface area contributed by atoms with Crippen molar-refractivity contribution in [2.24, 2.45) is 5.73 Å². The quantitative estimate of drug-likeness (QED) is 0.894. The molecular formula is C10H14BrClN4OS. The number of hydrogen-bond acceptors (Lipinski definition) is 6. The van der Waals surface area contributed by atoms with E-state index in [1.54, 1.807) is 11.3 Å². The third-order valence-electron chi connectivity index (χ3n) is 2.17. The maximum Gasteiger partial charge on any atom is 0.240 e. The minimum absolute atomic E-state index is 0. The van der Waals surface area contributed by atoms with Crippen molar-refractivity contribution in [2.75, 3.05) is 7.05 Å². The van der Waals surface area contributed by atoms with Gasteiger partial charge in [-0.25, -0.2) is 0 Å². The summed E-state index contributed by atoms with van der Waals surface area (Å²) in [5, 5.41) is 5.99. The van der Waals surface area contributed by atoms with Gasteiger partial charge in [-0.15, -0.1) is 23.7 Å². The van der Waals surface area contributed by atoms with Crippen LogP contribution in [0.1, 0.15) is 17.3 Å². The summed E-state index contributed by atoms with van der Waals surface area (Å²) >= 11 is 5.13. The lowest BCUT2D eigenvalue weighted by Crippen LogP contribution is -2.17. The number of hydrogen-bond donors (Lipinski definition) is 1. The molecule has 0 fully saturated rings. The molecule has 2 aromatic heterocycles. The number of nitrogens with zero attached hydrogens (tertiary/aromatic N) is 3. The van der Waals surface area contributed by atoms with Crippen molar-refractivity contribution >= 4 is 39.7 Å². The van der Waals surface area contributed by atoms with E-state index in [2.05, 4.69) is 42.4 Å². The van der Waals surface area contributed by atoms with Gasteiger partial charge in [-0.1, -0.05) is 5.16 Å². The Morgan fingerprint density at radius 2 is 2.28 bits per heavy atom. The van der Waals surface area contributed by atoms with Crippen LogP contribution in [-0.2, 0) is 19.6 Å². The van der Waals surface area contributed by atoms with Crippen molar-refractivity contribution < 1.29 is 4.52 Å². The summed E-state index contributed by atoms with van der Waals surface area (Å²) in [6.45, 7) is 1.79. The van der Waals surface area contributed by atoms with E-state index < -0.39 is 0 Å². The zero-order chi connectivity index (χ0) is 12.3. The van der Waals surface area contributed by atoms with Crippen LogP contribution in [0.3, 0.4) is 0 Å². The Bertz CT molecular complexity index is 490. The fraction of sp³-hybridized carbons (Fsp3) is 0.400. The van der Waals surface area contributed by atoms with Gasteiger partial charge in [0, 0.05) is 6.54 Å². The predicted molar refractivity (Wildman–Crippen MR) is 76.6 cm³/mol. The second-order valence-corrected chi connectivity index (χ2v) is 6.03. The van der Waals surface area contributed by atoms with Gasteiger partial charge in [0.15, 0.2) is 5.82 Å². The highest BCUT2D eigenvalue weighted by Crippen LogP contribution is 2.21. The summed E-state index contributed by atoms with van der Waals surface area (Å²) in [6.07, 6.45) is 0. The van der Waals surface area contributed by atoms with Crippen LogP contribution < -0.4 is 5.73 Å². The minimum atomic E-state index is 0. The maximum atomic E-state index is 5.41. The number of aromatic nitrogens is 2. The van der Waals surface area contributed by atoms with Crippen LogP contribution in [-0.4, -0.2) is 22.1 Å². The molecule has 0 aliphatic rings. The van der Waals surface area contributed by atoms with Crippen LogP contribution in [0, 0.1) is 0 Å². The van der Waals surface area contributed by atoms with Gasteiger partial charge in [-0.2, -0.15) is 4.98 Å². The molecule has 0 aliphatic heterocycles. The van der Waals surface area contributed by atoms with Crippen molar-refractivity contribution in [3.05, 3.63) is 32.5 Å². The second kappa shape index (κ2) is 7.20. The molecule has 0 radical (unpaired) electrons. The van der Waals surface area contributed by atoms with Gasteiger partial charge in [0.1, 0.15) is 0 Å². The lowest BCUT2D eigenvalue weighted by molar-refractivity contribution is 0.300. The highest BCUT2D eigenvalue weighted by atomic mass is 79.9. The summed E-state index contributed by atoms with van der Waals surface area (Å²) in [7, 11) is 2.02. The fourth-order valence-corrected chi connectivity index (χ4v) is 2.68. The van der Waals surface area contributed by atoms with E-state index in [-0.39, 0.29) is 19.0 Å². The van der Waals surface area contributed by atoms with E-state index in [1.165, 1.54) is 5.56 Å². The maximum absolute atomic E-state index is 5.41. The van der Waals surface area contributed by atoms with Crippen LogP contribution in [0.2, 0.25) is 0 Å². The first-order valence-electron chi connectivity index (χ1n) is 5.10. The van der Waals surface area contributed by atoms with Crippen LogP contribution in [0.25, 0.3) is 0 Å². The van der Waals surface area contributed by atoms with E-state index in [0.717, 1.165) is 10.3 Å². The second-order valence-electron chi connectivity index (χ2n) is 3.74. The normalized spacial score (nSPS) is 10.7. The van der Waals surface area contributed by atoms with Crippen LogP contribution in [0.5, 0.6) is 0 Å². The molecule has 0 saturated carbocycles. The summed E-state index contributed by atoms with van der Waals surface area (Å²) < 4.78 is 6.10. The van der Waals surface area contributed by atoms with Gasteiger partial charge < -0.3 is 10.3 Å². The molecular weight excluding hydrogens is 340 g/mol. The number of nitrogens with two attached hydrogens (primary N) is 1. The number of rotatable bonds is 5. The van der Waals surface area contributed by atoms with Crippen molar-refractivity contribution in [3.8, 4) is 0 Å². The van der Waals surface area contributed by atoms with Crippen LogP contribution in [0.4, 0.5) is 0 Å². The highest BCUT2D eigenvalue weighted by molar-refractivity contribution is 9.11. The fourth-order valence-electron chi connectivity index (χ4n) is 1.47. The smallest absolute Gasteiger partial charge is 0.240 e. The van der Waals surface area contributed by atoms with Crippen LogP contribution in [0.15, 0.2) is 19.8 Å². The molecule has 0 spiro atoms. The first-order chi connectivity index (χ1) is 8.17. The molecule has 0 unspecified atom stereocenters. The summed E-state index contributed by atoms with van der Waals surface area (Å²) in [5.74, 6) is 1.15. The third kappa shape index (κ3) is 4.33. The Kier molecular flexibility index (Phi) is 6.24. The summed E-state index contributed by atoms with van der Waals surface area (Å²) in [5.41, 5.74) is 6.68. The molecule has 0 aliphatic carbocycles. The van der Waals surface area contributed by atoms with Crippen molar-refractivity contribution in [1.82, 2.24) is 15.0 Å². The lowest BCUT2D eigenvalue weighted by Gasteiger charge is -2.12. The molecule has 2 aromatic rings. The Balaban J connectivity index is 0.00000162. The molecule has 0 amide bonds. The standard InChI is InChI=1S/C10H13BrN4OS.ClH/c1-15(4-7-2-8(11)17-6-7)5-9-13-10(3-12)16-14-9;/h2,6H,3-5,12H2,1H3;1H. The SMILES string of the molecule is CN(Cc1csc(Br)c1)Cc1noc(CN)n1.Cl. The van der Waals surface area contributed by atoms with Gasteiger partial charge in [-0.05, 0) is 40.0 Å². The molecule has 18 heavy (non-hydrogen) atoms. The molecule has 2 rings (SSSR count). The lowest BCUT2D eigenvalue weighted by atomic mass is 10.3. The predicted octanol–water partition coefficient (Wildman–Crippen LogP) is 2.41. The number of halogens is 2. The number of thiophene rings is 1. The van der Waals surface area contributed by atoms with E-state index in [1.807, 2.05) is 7.05 Å². The van der Waals surface area contributed by atoms with Gasteiger partial charge >= 0.3 is 0 Å². The highest BCUT2D eigenvalue weighted by Gasteiger charge is 2.08. The molecule has 5 nitrogen and oxygen atoms in total. The third-order valence-corrected chi connectivity index (χ3v) is 3.72. The monoisotopic (exact) mass is 352 g/mol. The van der Waals surface area contributed by atoms with Gasteiger partial charge in [0.25, 0.3) is 0 Å². The van der Waals surface area contributed by atoms with E-state index in [9.17, 15) is 0 Å². The first kappa shape index (κ1) is 15.6. The van der Waals surface area contributed by atoms with Crippen molar-refractivity contribution in [2.45, 2.75) is 19.6 Å². The average molecular weight is 354 g/mol. The van der Waals surface area contributed by atoms with Crippen molar-refractivity contribution in [3.63, 3.8) is 0 Å². The van der Waals surface area contributed by atoms with E-state index in [0.29, 0.717) is 18.3 Å². The Morgan fingerprint density at radius 3 is 2.83 bits per heavy atom. The Labute approximate surface area is 124 Å². The van der Waals surface area contributed by atoms with E-state index in [4.69, 9.17) is 10.3 Å². The molecule has 2 heterocycles. The molecule has 0 saturated heterocycles. The summed E-state index contributed by atoms with van der Waals surface area (Å²) in [4.78, 5) is 6.29.